The maximum absolute atomic E-state index is 13.0. The molecule has 0 saturated heterocycles. The van der Waals surface area contributed by atoms with Gasteiger partial charge in [0.05, 0.1) is 11.4 Å². The number of aromatic nitrogens is 3. The smallest absolute Gasteiger partial charge is 0.279 e. The number of para-hydroxylation sites is 1. The molecule has 28 heavy (non-hydrogen) atoms. The summed E-state index contributed by atoms with van der Waals surface area (Å²) in [5.41, 5.74) is 3.25. The number of nitrogens with zero attached hydrogens (tertiary/aromatic N) is 3. The number of carbonyl (C=O) groups excluding carboxylic acids is 1. The van der Waals surface area contributed by atoms with E-state index in [1.54, 1.807) is 4.68 Å². The maximum Gasteiger partial charge on any atom is 0.279 e. The monoisotopic (exact) mass is 378 g/mol. The molecule has 1 aliphatic carbocycles. The standard InChI is InChI=1S/C22H26N4O2/c1-14-12-19(26(24-14)16-8-6-5-7-9-16)23-21(27)20-17-13-15(22(2,3)4)10-11-18(17)28-25-20/h5-9,12,15H,10-11,13H2,1-4H3,(H,23,27)/t15-/m1/s1. The first-order chi connectivity index (χ1) is 13.3. The van der Waals surface area contributed by atoms with Crippen LogP contribution in [0.4, 0.5) is 5.82 Å². The molecule has 0 aliphatic heterocycles. The minimum absolute atomic E-state index is 0.186. The zero-order chi connectivity index (χ0) is 19.9. The fraction of sp³-hybridized carbons (Fsp3) is 0.409. The molecule has 0 saturated carbocycles. The molecule has 0 fully saturated rings. The molecule has 1 N–H and O–H groups in total. The first kappa shape index (κ1) is 18.5. The Morgan fingerprint density at radius 1 is 1.25 bits per heavy atom. The lowest BCUT2D eigenvalue weighted by Crippen LogP contribution is -2.28. The third-order valence-corrected chi connectivity index (χ3v) is 5.55. The van der Waals surface area contributed by atoms with Crippen molar-refractivity contribution in [3.05, 3.63) is 59.1 Å². The van der Waals surface area contributed by atoms with Crippen LogP contribution in [0.1, 0.15) is 54.7 Å². The van der Waals surface area contributed by atoms with Crippen molar-refractivity contribution < 1.29 is 9.32 Å². The van der Waals surface area contributed by atoms with E-state index in [9.17, 15) is 4.79 Å². The summed E-state index contributed by atoms with van der Waals surface area (Å²) in [6.07, 6.45) is 2.72. The summed E-state index contributed by atoms with van der Waals surface area (Å²) < 4.78 is 7.23. The first-order valence-corrected chi connectivity index (χ1v) is 9.74. The summed E-state index contributed by atoms with van der Waals surface area (Å²) in [7, 11) is 0. The minimum atomic E-state index is -0.253. The Hall–Kier alpha value is -2.89. The Bertz CT molecular complexity index is 995. The number of carbonyl (C=O) groups is 1. The van der Waals surface area contributed by atoms with Crippen molar-refractivity contribution in [2.24, 2.45) is 11.3 Å². The molecule has 6 nitrogen and oxygen atoms in total. The lowest BCUT2D eigenvalue weighted by Gasteiger charge is -2.33. The van der Waals surface area contributed by atoms with Crippen LogP contribution in [-0.4, -0.2) is 20.8 Å². The number of hydrogen-bond donors (Lipinski definition) is 1. The molecular formula is C22H26N4O2. The molecule has 1 amide bonds. The van der Waals surface area contributed by atoms with Crippen molar-refractivity contribution in [1.82, 2.24) is 14.9 Å². The molecule has 1 aromatic carbocycles. The number of fused-ring (bicyclic) bond motifs is 1. The van der Waals surface area contributed by atoms with Gasteiger partial charge in [-0.25, -0.2) is 4.68 Å². The number of anilines is 1. The van der Waals surface area contributed by atoms with Gasteiger partial charge in [0, 0.05) is 18.1 Å². The van der Waals surface area contributed by atoms with E-state index in [1.165, 1.54) is 0 Å². The molecule has 1 atom stereocenters. The molecule has 0 spiro atoms. The van der Waals surface area contributed by atoms with Gasteiger partial charge in [0.2, 0.25) is 0 Å². The number of nitrogens with one attached hydrogen (secondary N) is 1. The van der Waals surface area contributed by atoms with Crippen LogP contribution in [0.15, 0.2) is 40.9 Å². The predicted octanol–water partition coefficient (Wildman–Crippen LogP) is 4.57. The van der Waals surface area contributed by atoms with E-state index >= 15 is 0 Å². The number of rotatable bonds is 3. The average Bonchev–Trinajstić information content (AvgIpc) is 3.24. The van der Waals surface area contributed by atoms with Crippen LogP contribution in [0.5, 0.6) is 0 Å². The molecule has 0 radical (unpaired) electrons. The molecule has 146 valence electrons. The van der Waals surface area contributed by atoms with Crippen LogP contribution in [0.25, 0.3) is 5.69 Å². The van der Waals surface area contributed by atoms with Crippen LogP contribution in [0.3, 0.4) is 0 Å². The van der Waals surface area contributed by atoms with E-state index < -0.39 is 0 Å². The van der Waals surface area contributed by atoms with Gasteiger partial charge in [-0.05, 0) is 43.2 Å². The third kappa shape index (κ3) is 3.46. The lowest BCUT2D eigenvalue weighted by atomic mass is 9.71. The highest BCUT2D eigenvalue weighted by molar-refractivity contribution is 6.03. The first-order valence-electron chi connectivity index (χ1n) is 9.74. The molecule has 0 unspecified atom stereocenters. The highest BCUT2D eigenvalue weighted by Crippen LogP contribution is 2.38. The summed E-state index contributed by atoms with van der Waals surface area (Å²) >= 11 is 0. The average molecular weight is 378 g/mol. The zero-order valence-electron chi connectivity index (χ0n) is 16.8. The maximum atomic E-state index is 13.0. The van der Waals surface area contributed by atoms with Gasteiger partial charge in [-0.1, -0.05) is 44.1 Å². The second kappa shape index (κ2) is 6.93. The highest BCUT2D eigenvalue weighted by atomic mass is 16.5. The summed E-state index contributed by atoms with van der Waals surface area (Å²) in [4.78, 5) is 13.0. The lowest BCUT2D eigenvalue weighted by molar-refractivity contribution is 0.101. The van der Waals surface area contributed by atoms with E-state index in [4.69, 9.17) is 4.52 Å². The van der Waals surface area contributed by atoms with E-state index in [2.05, 4.69) is 36.3 Å². The normalized spacial score (nSPS) is 16.6. The Morgan fingerprint density at radius 3 is 2.71 bits per heavy atom. The number of hydrogen-bond acceptors (Lipinski definition) is 4. The van der Waals surface area contributed by atoms with Gasteiger partial charge < -0.3 is 9.84 Å². The molecule has 0 bridgehead atoms. The highest BCUT2D eigenvalue weighted by Gasteiger charge is 2.34. The van der Waals surface area contributed by atoms with Gasteiger partial charge in [-0.3, -0.25) is 4.79 Å². The van der Waals surface area contributed by atoms with E-state index in [0.29, 0.717) is 17.4 Å². The molecule has 3 aromatic rings. The number of aryl methyl sites for hydroxylation is 2. The largest absolute Gasteiger partial charge is 0.360 e. The Labute approximate surface area is 164 Å². The summed E-state index contributed by atoms with van der Waals surface area (Å²) in [5.74, 6) is 1.71. The summed E-state index contributed by atoms with van der Waals surface area (Å²) in [6.45, 7) is 8.65. The predicted molar refractivity (Wildman–Crippen MR) is 108 cm³/mol. The van der Waals surface area contributed by atoms with Crippen LogP contribution in [0.2, 0.25) is 0 Å². The van der Waals surface area contributed by atoms with Gasteiger partial charge in [0.25, 0.3) is 5.91 Å². The molecular weight excluding hydrogens is 352 g/mol. The van der Waals surface area contributed by atoms with Crippen molar-refractivity contribution >= 4 is 11.7 Å². The van der Waals surface area contributed by atoms with Crippen LogP contribution < -0.4 is 5.32 Å². The van der Waals surface area contributed by atoms with Gasteiger partial charge in [-0.15, -0.1) is 0 Å². The van der Waals surface area contributed by atoms with Crippen molar-refractivity contribution in [2.45, 2.75) is 47.0 Å². The SMILES string of the molecule is Cc1cc(NC(=O)c2noc3c2C[C@H](C(C)(C)C)CC3)n(-c2ccccc2)n1. The molecule has 6 heteroatoms. The van der Waals surface area contributed by atoms with E-state index in [0.717, 1.165) is 42.0 Å². The van der Waals surface area contributed by atoms with Gasteiger partial charge in [0.1, 0.15) is 11.6 Å². The van der Waals surface area contributed by atoms with Crippen LogP contribution >= 0.6 is 0 Å². The molecule has 4 rings (SSSR count). The minimum Gasteiger partial charge on any atom is -0.360 e. The Kier molecular flexibility index (Phi) is 4.57. The van der Waals surface area contributed by atoms with Crippen LogP contribution in [-0.2, 0) is 12.8 Å². The van der Waals surface area contributed by atoms with E-state index in [1.807, 2.05) is 43.3 Å². The van der Waals surface area contributed by atoms with Crippen molar-refractivity contribution in [1.29, 1.82) is 0 Å². The van der Waals surface area contributed by atoms with Crippen molar-refractivity contribution in [3.63, 3.8) is 0 Å². The second-order valence-corrected chi connectivity index (χ2v) is 8.61. The number of amides is 1. The second-order valence-electron chi connectivity index (χ2n) is 8.61. The Morgan fingerprint density at radius 2 is 2.00 bits per heavy atom. The topological polar surface area (TPSA) is 73.0 Å². The van der Waals surface area contributed by atoms with Crippen molar-refractivity contribution in [3.8, 4) is 5.69 Å². The molecule has 2 aromatic heterocycles. The van der Waals surface area contributed by atoms with Gasteiger partial charge in [0.15, 0.2) is 5.69 Å². The number of benzene rings is 1. The fourth-order valence-corrected chi connectivity index (χ4v) is 3.85. The molecule has 2 heterocycles. The summed E-state index contributed by atoms with van der Waals surface area (Å²) in [5, 5.41) is 11.6. The molecule has 1 aliphatic rings. The third-order valence-electron chi connectivity index (χ3n) is 5.55. The van der Waals surface area contributed by atoms with Gasteiger partial charge >= 0.3 is 0 Å². The van der Waals surface area contributed by atoms with Crippen molar-refractivity contribution in [2.75, 3.05) is 5.32 Å². The quantitative estimate of drug-likeness (QED) is 0.724. The summed E-state index contributed by atoms with van der Waals surface area (Å²) in [6, 6.07) is 11.6. The van der Waals surface area contributed by atoms with Gasteiger partial charge in [-0.2, -0.15) is 5.10 Å². The van der Waals surface area contributed by atoms with Crippen LogP contribution in [0, 0.1) is 18.3 Å². The Balaban J connectivity index is 1.61. The zero-order valence-corrected chi connectivity index (χ0v) is 16.8. The fourth-order valence-electron chi connectivity index (χ4n) is 3.85. The van der Waals surface area contributed by atoms with E-state index in [-0.39, 0.29) is 11.3 Å².